The number of hydrogen-bond donors (Lipinski definition) is 1. The maximum Gasteiger partial charge on any atom is 0.417 e. The van der Waals surface area contributed by atoms with Gasteiger partial charge in [-0.1, -0.05) is 6.07 Å². The molecule has 0 bridgehead atoms. The van der Waals surface area contributed by atoms with E-state index >= 15 is 0 Å². The molecule has 0 amide bonds. The maximum absolute atomic E-state index is 13.0. The van der Waals surface area contributed by atoms with E-state index in [1.807, 2.05) is 0 Å². The zero-order valence-corrected chi connectivity index (χ0v) is 9.78. The molecule has 1 N–H and O–H groups in total. The summed E-state index contributed by atoms with van der Waals surface area (Å²) in [7, 11) is 0. The Bertz CT molecular complexity index is 668. The van der Waals surface area contributed by atoms with Crippen molar-refractivity contribution in [2.45, 2.75) is 6.18 Å². The van der Waals surface area contributed by atoms with E-state index in [1.54, 1.807) is 0 Å². The van der Waals surface area contributed by atoms with Crippen LogP contribution in [0.5, 0.6) is 0 Å². The summed E-state index contributed by atoms with van der Waals surface area (Å²) < 4.78 is 51.6. The Kier molecular flexibility index (Phi) is 3.44. The van der Waals surface area contributed by atoms with Gasteiger partial charge in [0.2, 0.25) is 0 Å². The van der Waals surface area contributed by atoms with Gasteiger partial charge in [-0.15, -0.1) is 0 Å². The number of aromatic nitrogens is 1. The van der Waals surface area contributed by atoms with E-state index in [0.717, 1.165) is 18.2 Å². The van der Waals surface area contributed by atoms with E-state index in [2.05, 4.69) is 4.98 Å². The predicted octanol–water partition coefficient (Wildman–Crippen LogP) is 3.60. The van der Waals surface area contributed by atoms with Crippen molar-refractivity contribution in [1.29, 1.82) is 0 Å². The summed E-state index contributed by atoms with van der Waals surface area (Å²) in [6, 6.07) is 5.79. The largest absolute Gasteiger partial charge is 0.477 e. The van der Waals surface area contributed by atoms with E-state index in [9.17, 15) is 22.4 Å². The van der Waals surface area contributed by atoms with Crippen LogP contribution in [0.2, 0.25) is 0 Å². The van der Waals surface area contributed by atoms with E-state index in [-0.39, 0.29) is 17.0 Å². The second-order valence-electron chi connectivity index (χ2n) is 3.90. The molecule has 20 heavy (non-hydrogen) atoms. The summed E-state index contributed by atoms with van der Waals surface area (Å²) in [5, 5.41) is 8.78. The summed E-state index contributed by atoms with van der Waals surface area (Å²) in [6.07, 6.45) is -4.77. The molecule has 0 aliphatic rings. The van der Waals surface area contributed by atoms with Gasteiger partial charge >= 0.3 is 12.1 Å². The van der Waals surface area contributed by atoms with E-state index in [0.29, 0.717) is 6.07 Å². The minimum Gasteiger partial charge on any atom is -0.477 e. The summed E-state index contributed by atoms with van der Waals surface area (Å²) in [5.74, 6) is -2.39. The second-order valence-corrected chi connectivity index (χ2v) is 3.90. The van der Waals surface area contributed by atoms with Crippen molar-refractivity contribution >= 4 is 5.97 Å². The zero-order valence-electron chi connectivity index (χ0n) is 9.78. The molecule has 0 aliphatic carbocycles. The van der Waals surface area contributed by atoms with E-state index < -0.39 is 23.5 Å². The number of aromatic carboxylic acids is 1. The van der Waals surface area contributed by atoms with Gasteiger partial charge in [-0.05, 0) is 30.3 Å². The summed E-state index contributed by atoms with van der Waals surface area (Å²) in [4.78, 5) is 14.4. The topological polar surface area (TPSA) is 50.2 Å². The Morgan fingerprint density at radius 3 is 2.45 bits per heavy atom. The third-order valence-electron chi connectivity index (χ3n) is 2.53. The number of carboxylic acid groups (broad SMARTS) is 1. The molecule has 2 aromatic rings. The first-order valence-electron chi connectivity index (χ1n) is 5.36. The van der Waals surface area contributed by atoms with Gasteiger partial charge in [0.25, 0.3) is 0 Å². The molecule has 0 atom stereocenters. The molecule has 0 saturated carbocycles. The van der Waals surface area contributed by atoms with Crippen molar-refractivity contribution in [1.82, 2.24) is 4.98 Å². The Morgan fingerprint density at radius 2 is 1.85 bits per heavy atom. The van der Waals surface area contributed by atoms with Gasteiger partial charge in [0.1, 0.15) is 11.5 Å². The average molecular weight is 285 g/mol. The zero-order chi connectivity index (χ0) is 14.9. The first-order chi connectivity index (χ1) is 9.29. The van der Waals surface area contributed by atoms with Crippen LogP contribution in [0.3, 0.4) is 0 Å². The average Bonchev–Trinajstić information content (AvgIpc) is 2.37. The summed E-state index contributed by atoms with van der Waals surface area (Å²) >= 11 is 0. The lowest BCUT2D eigenvalue weighted by Gasteiger charge is -2.12. The lowest BCUT2D eigenvalue weighted by molar-refractivity contribution is -0.137. The number of hydrogen-bond acceptors (Lipinski definition) is 2. The van der Waals surface area contributed by atoms with E-state index in [1.165, 1.54) is 12.1 Å². The summed E-state index contributed by atoms with van der Waals surface area (Å²) in [5.41, 5.74) is -2.15. The van der Waals surface area contributed by atoms with E-state index in [4.69, 9.17) is 5.11 Å². The van der Waals surface area contributed by atoms with Gasteiger partial charge < -0.3 is 5.11 Å². The molecule has 1 aromatic heterocycles. The maximum atomic E-state index is 13.0. The first kappa shape index (κ1) is 14.0. The number of rotatable bonds is 2. The van der Waals surface area contributed by atoms with Gasteiger partial charge in [0.15, 0.2) is 0 Å². The van der Waals surface area contributed by atoms with Gasteiger partial charge in [0.05, 0.1) is 11.3 Å². The van der Waals surface area contributed by atoms with Crippen LogP contribution in [0.4, 0.5) is 17.6 Å². The third kappa shape index (κ3) is 2.76. The van der Waals surface area contributed by atoms with Crippen LogP contribution in [0.25, 0.3) is 11.3 Å². The number of halogens is 4. The molecule has 0 spiro atoms. The fourth-order valence-corrected chi connectivity index (χ4v) is 1.68. The fraction of sp³-hybridized carbons (Fsp3) is 0.0769. The van der Waals surface area contributed by atoms with Crippen LogP contribution in [0.15, 0.2) is 36.4 Å². The van der Waals surface area contributed by atoms with Crippen LogP contribution < -0.4 is 0 Å². The molecular weight excluding hydrogens is 278 g/mol. The lowest BCUT2D eigenvalue weighted by atomic mass is 10.0. The molecule has 7 heteroatoms. The Hall–Kier alpha value is -2.44. The third-order valence-corrected chi connectivity index (χ3v) is 2.53. The van der Waals surface area contributed by atoms with Gasteiger partial charge in [0, 0.05) is 5.56 Å². The van der Waals surface area contributed by atoms with Crippen molar-refractivity contribution in [3.8, 4) is 11.3 Å². The van der Waals surface area contributed by atoms with Crippen LogP contribution in [0.1, 0.15) is 16.1 Å². The Morgan fingerprint density at radius 1 is 1.15 bits per heavy atom. The molecule has 0 saturated heterocycles. The van der Waals surface area contributed by atoms with Gasteiger partial charge in [-0.25, -0.2) is 14.2 Å². The minimum atomic E-state index is -4.77. The van der Waals surface area contributed by atoms with Gasteiger partial charge in [-0.3, -0.25) is 0 Å². The molecule has 104 valence electrons. The van der Waals surface area contributed by atoms with Crippen molar-refractivity contribution in [3.05, 3.63) is 53.5 Å². The molecule has 1 heterocycles. The lowest BCUT2D eigenvalue weighted by Crippen LogP contribution is -2.09. The number of carboxylic acids is 1. The molecule has 0 fully saturated rings. The smallest absolute Gasteiger partial charge is 0.417 e. The van der Waals surface area contributed by atoms with Crippen molar-refractivity contribution in [3.63, 3.8) is 0 Å². The van der Waals surface area contributed by atoms with Crippen molar-refractivity contribution < 1.29 is 27.5 Å². The number of alkyl halides is 3. The standard InChI is InChI=1S/C13H7F4NO2/c14-7-4-5-8(9(6-7)13(15,16)17)10-2-1-3-11(18-10)12(19)20/h1-6H,(H,19,20). The Balaban J connectivity index is 2.64. The molecule has 0 aliphatic heterocycles. The normalized spacial score (nSPS) is 11.4. The second kappa shape index (κ2) is 4.92. The minimum absolute atomic E-state index is 0.183. The summed E-state index contributed by atoms with van der Waals surface area (Å²) in [6.45, 7) is 0. The van der Waals surface area contributed by atoms with Crippen LogP contribution in [-0.4, -0.2) is 16.1 Å². The van der Waals surface area contributed by atoms with Crippen molar-refractivity contribution in [2.24, 2.45) is 0 Å². The molecular formula is C13H7F4NO2. The fourth-order valence-electron chi connectivity index (χ4n) is 1.68. The number of nitrogens with zero attached hydrogens (tertiary/aromatic N) is 1. The number of benzene rings is 1. The van der Waals surface area contributed by atoms with Crippen molar-refractivity contribution in [2.75, 3.05) is 0 Å². The number of pyridine rings is 1. The Labute approximate surface area is 110 Å². The predicted molar refractivity (Wildman–Crippen MR) is 61.6 cm³/mol. The number of carbonyl (C=O) groups is 1. The SMILES string of the molecule is O=C(O)c1cccc(-c2ccc(F)cc2C(F)(F)F)n1. The first-order valence-corrected chi connectivity index (χ1v) is 5.36. The molecule has 1 aromatic carbocycles. The molecule has 3 nitrogen and oxygen atoms in total. The highest BCUT2D eigenvalue weighted by atomic mass is 19.4. The molecule has 0 radical (unpaired) electrons. The molecule has 2 rings (SSSR count). The quantitative estimate of drug-likeness (QED) is 0.858. The highest BCUT2D eigenvalue weighted by Crippen LogP contribution is 2.36. The van der Waals surface area contributed by atoms with Gasteiger partial charge in [-0.2, -0.15) is 13.2 Å². The van der Waals surface area contributed by atoms with Crippen LogP contribution in [-0.2, 0) is 6.18 Å². The highest BCUT2D eigenvalue weighted by Gasteiger charge is 2.34. The monoisotopic (exact) mass is 285 g/mol. The molecule has 0 unspecified atom stereocenters. The highest BCUT2D eigenvalue weighted by molar-refractivity contribution is 5.86. The van der Waals surface area contributed by atoms with Crippen LogP contribution in [0, 0.1) is 5.82 Å². The van der Waals surface area contributed by atoms with Crippen LogP contribution >= 0.6 is 0 Å².